The monoisotopic (exact) mass is 284 g/mol. The first kappa shape index (κ1) is 14.8. The van der Waals surface area contributed by atoms with Crippen LogP contribution in [0.5, 0.6) is 0 Å². The number of fused-ring (bicyclic) bond motifs is 3. The van der Waals surface area contributed by atoms with Crippen molar-refractivity contribution in [2.75, 3.05) is 0 Å². The van der Waals surface area contributed by atoms with E-state index >= 15 is 0 Å². The van der Waals surface area contributed by atoms with Gasteiger partial charge in [-0.05, 0) is 52.7 Å². The summed E-state index contributed by atoms with van der Waals surface area (Å²) < 4.78 is 0. The van der Waals surface area contributed by atoms with E-state index in [0.717, 1.165) is 12.0 Å². The lowest BCUT2D eigenvalue weighted by Crippen LogP contribution is -2.49. The summed E-state index contributed by atoms with van der Waals surface area (Å²) in [5.74, 6) is 1.34. The Bertz CT molecular complexity index is 582. The topological polar surface area (TPSA) is 17.1 Å². The quantitative estimate of drug-likeness (QED) is 0.667. The van der Waals surface area contributed by atoms with Crippen molar-refractivity contribution in [1.29, 1.82) is 0 Å². The Morgan fingerprint density at radius 2 is 1.86 bits per heavy atom. The molecule has 1 aromatic carbocycles. The number of hydrogen-bond donors (Lipinski definition) is 0. The molecular weight excluding hydrogens is 256 g/mol. The van der Waals surface area contributed by atoms with E-state index in [4.69, 9.17) is 0 Å². The van der Waals surface area contributed by atoms with Gasteiger partial charge in [-0.15, -0.1) is 0 Å². The molecule has 1 nitrogen and oxygen atoms in total. The number of hydrogen-bond acceptors (Lipinski definition) is 1. The lowest BCUT2D eigenvalue weighted by molar-refractivity contribution is 0.0368. The lowest BCUT2D eigenvalue weighted by Gasteiger charge is -2.53. The van der Waals surface area contributed by atoms with E-state index in [0.29, 0.717) is 17.6 Å². The summed E-state index contributed by atoms with van der Waals surface area (Å²) in [4.78, 5) is 12.7. The van der Waals surface area contributed by atoms with Crippen LogP contribution in [0.25, 0.3) is 0 Å². The average molecular weight is 284 g/mol. The van der Waals surface area contributed by atoms with Crippen molar-refractivity contribution in [3.05, 3.63) is 34.9 Å². The molecule has 0 spiro atoms. The fourth-order valence-electron chi connectivity index (χ4n) is 4.89. The zero-order valence-electron chi connectivity index (χ0n) is 14.1. The Balaban J connectivity index is 2.15. The SMILES string of the molecule is CC(C)c1ccc2c(c1)C(=O)C[C@@H]1C(C)(C)CCC[C@@]21C. The predicted molar refractivity (Wildman–Crippen MR) is 88.0 cm³/mol. The first-order valence-corrected chi connectivity index (χ1v) is 8.43. The third-order valence-corrected chi connectivity index (χ3v) is 6.25. The second kappa shape index (κ2) is 4.69. The molecule has 0 saturated heterocycles. The zero-order chi connectivity index (χ0) is 15.4. The van der Waals surface area contributed by atoms with Crippen LogP contribution in [0.2, 0.25) is 0 Å². The maximum absolute atomic E-state index is 12.7. The highest BCUT2D eigenvalue weighted by atomic mass is 16.1. The molecule has 1 saturated carbocycles. The fourth-order valence-corrected chi connectivity index (χ4v) is 4.89. The molecule has 1 heteroatoms. The summed E-state index contributed by atoms with van der Waals surface area (Å²) in [7, 11) is 0. The zero-order valence-corrected chi connectivity index (χ0v) is 14.1. The minimum Gasteiger partial charge on any atom is -0.294 e. The maximum atomic E-state index is 12.7. The minimum atomic E-state index is 0.181. The van der Waals surface area contributed by atoms with Crippen molar-refractivity contribution in [2.45, 2.75) is 71.6 Å². The molecule has 0 aliphatic heterocycles. The Labute approximate surface area is 129 Å². The molecule has 3 rings (SSSR count). The van der Waals surface area contributed by atoms with Crippen LogP contribution in [0.15, 0.2) is 18.2 Å². The highest BCUT2D eigenvalue weighted by Crippen LogP contribution is 2.57. The van der Waals surface area contributed by atoms with Crippen LogP contribution < -0.4 is 0 Å². The lowest BCUT2D eigenvalue weighted by atomic mass is 9.50. The van der Waals surface area contributed by atoms with Gasteiger partial charge >= 0.3 is 0 Å². The summed E-state index contributed by atoms with van der Waals surface area (Å²) >= 11 is 0. The maximum Gasteiger partial charge on any atom is 0.163 e. The van der Waals surface area contributed by atoms with Gasteiger partial charge in [0, 0.05) is 12.0 Å². The standard InChI is InChI=1S/C20H28O/c1-13(2)14-7-8-16-15(11-14)17(21)12-18-19(3,4)9-6-10-20(16,18)5/h7-8,11,13,18H,6,9-10,12H2,1-5H3/t18-,20+/m1/s1. The number of carbonyl (C=O) groups excluding carboxylic acids is 1. The summed E-state index contributed by atoms with van der Waals surface area (Å²) in [5.41, 5.74) is 4.08. The molecule has 0 amide bonds. The van der Waals surface area contributed by atoms with E-state index < -0.39 is 0 Å². The molecular formula is C20H28O. The predicted octanol–water partition coefficient (Wildman–Crippen LogP) is 5.48. The van der Waals surface area contributed by atoms with Gasteiger partial charge in [-0.2, -0.15) is 0 Å². The van der Waals surface area contributed by atoms with E-state index in [1.807, 2.05) is 0 Å². The second-order valence-electron chi connectivity index (χ2n) is 8.40. The van der Waals surface area contributed by atoms with Gasteiger partial charge < -0.3 is 0 Å². The first-order valence-electron chi connectivity index (χ1n) is 8.43. The van der Waals surface area contributed by atoms with E-state index in [-0.39, 0.29) is 10.8 Å². The van der Waals surface area contributed by atoms with Crippen molar-refractivity contribution in [1.82, 2.24) is 0 Å². The Kier molecular flexibility index (Phi) is 3.31. The van der Waals surface area contributed by atoms with Crippen LogP contribution in [-0.4, -0.2) is 5.78 Å². The number of carbonyl (C=O) groups is 1. The number of rotatable bonds is 1. The molecule has 0 N–H and O–H groups in total. The van der Waals surface area contributed by atoms with Crippen molar-refractivity contribution in [3.8, 4) is 0 Å². The van der Waals surface area contributed by atoms with Gasteiger partial charge in [-0.25, -0.2) is 0 Å². The van der Waals surface area contributed by atoms with E-state index in [1.54, 1.807) is 0 Å². The van der Waals surface area contributed by atoms with Gasteiger partial charge in [0.2, 0.25) is 0 Å². The molecule has 2 aliphatic rings. The van der Waals surface area contributed by atoms with E-state index in [9.17, 15) is 4.79 Å². The average Bonchev–Trinajstić information content (AvgIpc) is 2.41. The molecule has 1 fully saturated rings. The summed E-state index contributed by atoms with van der Waals surface area (Å²) in [6, 6.07) is 6.67. The molecule has 114 valence electrons. The van der Waals surface area contributed by atoms with Crippen LogP contribution in [0.3, 0.4) is 0 Å². The molecule has 1 aromatic rings. The van der Waals surface area contributed by atoms with Crippen molar-refractivity contribution in [2.24, 2.45) is 11.3 Å². The number of benzene rings is 1. The van der Waals surface area contributed by atoms with Crippen LogP contribution >= 0.6 is 0 Å². The highest BCUT2D eigenvalue weighted by Gasteiger charge is 2.51. The molecule has 0 radical (unpaired) electrons. The fraction of sp³-hybridized carbons (Fsp3) is 0.650. The van der Waals surface area contributed by atoms with E-state index in [1.165, 1.54) is 30.4 Å². The molecule has 2 atom stereocenters. The minimum absolute atomic E-state index is 0.181. The van der Waals surface area contributed by atoms with Crippen LogP contribution in [0.1, 0.15) is 87.7 Å². The van der Waals surface area contributed by atoms with Crippen molar-refractivity contribution < 1.29 is 4.79 Å². The number of Topliss-reactive ketones (excluding diaryl/α,β-unsaturated/α-hetero) is 1. The van der Waals surface area contributed by atoms with Crippen LogP contribution in [-0.2, 0) is 5.41 Å². The smallest absolute Gasteiger partial charge is 0.163 e. The highest BCUT2D eigenvalue weighted by molar-refractivity contribution is 5.99. The first-order chi connectivity index (χ1) is 9.75. The third kappa shape index (κ3) is 2.17. The summed E-state index contributed by atoms with van der Waals surface area (Å²) in [6.45, 7) is 11.5. The van der Waals surface area contributed by atoms with Gasteiger partial charge in [-0.1, -0.05) is 53.2 Å². The van der Waals surface area contributed by atoms with Gasteiger partial charge in [-0.3, -0.25) is 4.79 Å². The number of ketones is 1. The Hall–Kier alpha value is -1.11. The Morgan fingerprint density at radius 1 is 1.14 bits per heavy atom. The van der Waals surface area contributed by atoms with Crippen LogP contribution in [0, 0.1) is 11.3 Å². The van der Waals surface area contributed by atoms with Crippen LogP contribution in [0.4, 0.5) is 0 Å². The molecule has 0 unspecified atom stereocenters. The van der Waals surface area contributed by atoms with Gasteiger partial charge in [0.15, 0.2) is 5.78 Å². The molecule has 2 aliphatic carbocycles. The summed E-state index contributed by atoms with van der Waals surface area (Å²) in [6.07, 6.45) is 4.49. The van der Waals surface area contributed by atoms with Gasteiger partial charge in [0.1, 0.15) is 0 Å². The molecule has 21 heavy (non-hydrogen) atoms. The molecule has 0 bridgehead atoms. The second-order valence-corrected chi connectivity index (χ2v) is 8.40. The Morgan fingerprint density at radius 3 is 2.52 bits per heavy atom. The summed E-state index contributed by atoms with van der Waals surface area (Å²) in [5, 5.41) is 0. The largest absolute Gasteiger partial charge is 0.294 e. The third-order valence-electron chi connectivity index (χ3n) is 6.25. The van der Waals surface area contributed by atoms with Crippen molar-refractivity contribution in [3.63, 3.8) is 0 Å². The van der Waals surface area contributed by atoms with Gasteiger partial charge in [0.05, 0.1) is 0 Å². The molecule has 0 heterocycles. The van der Waals surface area contributed by atoms with Gasteiger partial charge in [0.25, 0.3) is 0 Å². The molecule has 0 aromatic heterocycles. The van der Waals surface area contributed by atoms with E-state index in [2.05, 4.69) is 52.8 Å². The van der Waals surface area contributed by atoms with Crippen molar-refractivity contribution >= 4 is 5.78 Å². The normalized spacial score (nSPS) is 31.0.